The van der Waals surface area contributed by atoms with Gasteiger partial charge in [0.1, 0.15) is 6.10 Å². The van der Waals surface area contributed by atoms with Gasteiger partial charge in [-0.1, -0.05) is 0 Å². The van der Waals surface area contributed by atoms with Crippen LogP contribution >= 0.6 is 0 Å². The molecule has 1 heterocycles. The third-order valence-electron chi connectivity index (χ3n) is 1.47. The van der Waals surface area contributed by atoms with Crippen LogP contribution in [-0.2, 0) is 14.2 Å². The Morgan fingerprint density at radius 1 is 1.50 bits per heavy atom. The molecule has 1 rings (SSSR count). The monoisotopic (exact) mass is 146 g/mol. The zero-order valence-corrected chi connectivity index (χ0v) is 6.88. The van der Waals surface area contributed by atoms with Crippen molar-refractivity contribution in [3.63, 3.8) is 0 Å². The molecule has 0 aromatic rings. The summed E-state index contributed by atoms with van der Waals surface area (Å²) in [6.07, 6.45) is 0.213. The molecule has 0 aromatic carbocycles. The molecule has 3 nitrogen and oxygen atoms in total. The highest BCUT2D eigenvalue weighted by molar-refractivity contribution is 4.82. The lowest BCUT2D eigenvalue weighted by Crippen LogP contribution is -2.25. The van der Waals surface area contributed by atoms with Gasteiger partial charge in [0, 0.05) is 7.11 Å². The molecular formula is C7H14O3. The Bertz CT molecular complexity index is 120. The van der Waals surface area contributed by atoms with E-state index in [1.807, 2.05) is 20.8 Å². The Kier molecular flexibility index (Phi) is 1.99. The Hall–Kier alpha value is -0.120. The number of hydrogen-bond donors (Lipinski definition) is 0. The van der Waals surface area contributed by atoms with Crippen molar-refractivity contribution in [3.05, 3.63) is 0 Å². The first-order chi connectivity index (χ1) is 4.60. The zero-order valence-electron chi connectivity index (χ0n) is 6.88. The first-order valence-electron chi connectivity index (χ1n) is 3.51. The van der Waals surface area contributed by atoms with Gasteiger partial charge in [-0.2, -0.15) is 0 Å². The van der Waals surface area contributed by atoms with Gasteiger partial charge in [-0.15, -0.1) is 0 Å². The fourth-order valence-electron chi connectivity index (χ4n) is 0.927. The van der Waals surface area contributed by atoms with Crippen molar-refractivity contribution < 1.29 is 14.2 Å². The molecule has 3 heteroatoms. The Morgan fingerprint density at radius 2 is 2.00 bits per heavy atom. The van der Waals surface area contributed by atoms with Crippen LogP contribution in [0.1, 0.15) is 20.8 Å². The van der Waals surface area contributed by atoms with Crippen molar-refractivity contribution in [2.75, 3.05) is 7.11 Å². The standard InChI is InChI=1S/C7H14O3/c1-5(2)9-7(8-4)6(3)10-7/h5-6H,1-4H3. The number of epoxide rings is 1. The topological polar surface area (TPSA) is 31.0 Å². The van der Waals surface area contributed by atoms with Crippen LogP contribution in [0.15, 0.2) is 0 Å². The van der Waals surface area contributed by atoms with Crippen molar-refractivity contribution in [2.24, 2.45) is 0 Å². The van der Waals surface area contributed by atoms with Gasteiger partial charge >= 0.3 is 5.97 Å². The van der Waals surface area contributed by atoms with Crippen LogP contribution in [0, 0.1) is 0 Å². The minimum atomic E-state index is -0.728. The fraction of sp³-hybridized carbons (Fsp3) is 1.00. The molecule has 60 valence electrons. The smallest absolute Gasteiger partial charge is 0.311 e. The molecular weight excluding hydrogens is 132 g/mol. The first kappa shape index (κ1) is 7.98. The lowest BCUT2D eigenvalue weighted by atomic mass is 10.4. The molecule has 10 heavy (non-hydrogen) atoms. The third kappa shape index (κ3) is 1.31. The molecule has 0 saturated carbocycles. The van der Waals surface area contributed by atoms with Crippen molar-refractivity contribution in [1.29, 1.82) is 0 Å². The SMILES string of the molecule is COC1(OC(C)C)OC1C. The van der Waals surface area contributed by atoms with Crippen molar-refractivity contribution >= 4 is 0 Å². The number of rotatable bonds is 3. The average molecular weight is 146 g/mol. The molecule has 0 radical (unpaired) electrons. The number of methoxy groups -OCH3 is 1. The maximum Gasteiger partial charge on any atom is 0.311 e. The lowest BCUT2D eigenvalue weighted by molar-refractivity contribution is -0.230. The summed E-state index contributed by atoms with van der Waals surface area (Å²) < 4.78 is 15.5. The second-order valence-corrected chi connectivity index (χ2v) is 2.73. The van der Waals surface area contributed by atoms with E-state index in [1.54, 1.807) is 7.11 Å². The van der Waals surface area contributed by atoms with Crippen LogP contribution in [0.4, 0.5) is 0 Å². The van der Waals surface area contributed by atoms with E-state index in [0.717, 1.165) is 0 Å². The molecule has 1 fully saturated rings. The van der Waals surface area contributed by atoms with E-state index in [9.17, 15) is 0 Å². The van der Waals surface area contributed by atoms with Crippen molar-refractivity contribution in [1.82, 2.24) is 0 Å². The summed E-state index contributed by atoms with van der Waals surface area (Å²) in [5.74, 6) is -0.728. The molecule has 0 aliphatic carbocycles. The molecule has 1 aliphatic rings. The maximum atomic E-state index is 5.37. The Morgan fingerprint density at radius 3 is 2.10 bits per heavy atom. The molecule has 1 aliphatic heterocycles. The lowest BCUT2D eigenvalue weighted by Gasteiger charge is -2.13. The second-order valence-electron chi connectivity index (χ2n) is 2.73. The van der Waals surface area contributed by atoms with Gasteiger partial charge in [0.15, 0.2) is 0 Å². The quantitative estimate of drug-likeness (QED) is 0.441. The average Bonchev–Trinajstić information content (AvgIpc) is 2.42. The summed E-state index contributed by atoms with van der Waals surface area (Å²) in [7, 11) is 1.59. The first-order valence-corrected chi connectivity index (χ1v) is 3.51. The van der Waals surface area contributed by atoms with Gasteiger partial charge < -0.3 is 14.2 Å². The zero-order chi connectivity index (χ0) is 7.78. The minimum Gasteiger partial charge on any atom is -0.329 e. The normalized spacial score (nSPS) is 38.7. The summed E-state index contributed by atoms with van der Waals surface area (Å²) in [4.78, 5) is 0. The van der Waals surface area contributed by atoms with E-state index in [4.69, 9.17) is 14.2 Å². The van der Waals surface area contributed by atoms with Gasteiger partial charge in [0.05, 0.1) is 6.10 Å². The molecule has 1 saturated heterocycles. The predicted molar refractivity (Wildman–Crippen MR) is 36.5 cm³/mol. The van der Waals surface area contributed by atoms with Crippen LogP contribution in [0.3, 0.4) is 0 Å². The van der Waals surface area contributed by atoms with Crippen LogP contribution in [0.2, 0.25) is 0 Å². The van der Waals surface area contributed by atoms with E-state index in [1.165, 1.54) is 0 Å². The second kappa shape index (κ2) is 2.49. The summed E-state index contributed by atoms with van der Waals surface area (Å²) in [5, 5.41) is 0. The minimum absolute atomic E-state index is 0.0694. The highest BCUT2D eigenvalue weighted by Gasteiger charge is 2.57. The van der Waals surface area contributed by atoms with Crippen LogP contribution in [0.5, 0.6) is 0 Å². The molecule has 2 atom stereocenters. The fourth-order valence-corrected chi connectivity index (χ4v) is 0.927. The van der Waals surface area contributed by atoms with E-state index in [-0.39, 0.29) is 12.2 Å². The van der Waals surface area contributed by atoms with Gasteiger partial charge in [-0.05, 0) is 20.8 Å². The van der Waals surface area contributed by atoms with Gasteiger partial charge in [0.25, 0.3) is 0 Å². The number of hydrogen-bond acceptors (Lipinski definition) is 3. The van der Waals surface area contributed by atoms with Crippen molar-refractivity contribution in [2.45, 2.75) is 39.0 Å². The van der Waals surface area contributed by atoms with Gasteiger partial charge in [-0.3, -0.25) is 0 Å². The summed E-state index contributed by atoms with van der Waals surface area (Å²) in [6, 6.07) is 0. The maximum absolute atomic E-state index is 5.37. The molecule has 0 N–H and O–H groups in total. The van der Waals surface area contributed by atoms with Crippen LogP contribution in [0.25, 0.3) is 0 Å². The number of ether oxygens (including phenoxy) is 3. The Balaban J connectivity index is 2.37. The van der Waals surface area contributed by atoms with Crippen LogP contribution in [-0.4, -0.2) is 25.3 Å². The largest absolute Gasteiger partial charge is 0.329 e. The summed E-state index contributed by atoms with van der Waals surface area (Å²) in [5.41, 5.74) is 0. The summed E-state index contributed by atoms with van der Waals surface area (Å²) in [6.45, 7) is 5.83. The molecule has 0 amide bonds. The molecule has 0 aromatic heterocycles. The van der Waals surface area contributed by atoms with E-state index >= 15 is 0 Å². The third-order valence-corrected chi connectivity index (χ3v) is 1.47. The van der Waals surface area contributed by atoms with E-state index in [2.05, 4.69) is 0 Å². The summed E-state index contributed by atoms with van der Waals surface area (Å²) >= 11 is 0. The van der Waals surface area contributed by atoms with Gasteiger partial charge in [-0.25, -0.2) is 0 Å². The van der Waals surface area contributed by atoms with Crippen molar-refractivity contribution in [3.8, 4) is 0 Å². The highest BCUT2D eigenvalue weighted by Crippen LogP contribution is 2.38. The highest BCUT2D eigenvalue weighted by atomic mass is 16.9. The van der Waals surface area contributed by atoms with E-state index < -0.39 is 5.97 Å². The molecule has 2 unspecified atom stereocenters. The van der Waals surface area contributed by atoms with E-state index in [0.29, 0.717) is 0 Å². The van der Waals surface area contributed by atoms with Crippen LogP contribution < -0.4 is 0 Å². The predicted octanol–water partition coefficient (Wildman–Crippen LogP) is 1.13. The van der Waals surface area contributed by atoms with Gasteiger partial charge in [0.2, 0.25) is 0 Å². The Labute approximate surface area is 61.3 Å². The molecule has 0 spiro atoms. The molecule has 0 bridgehead atoms.